The Morgan fingerprint density at radius 1 is 1.29 bits per heavy atom. The third-order valence-corrected chi connectivity index (χ3v) is 4.80. The van der Waals surface area contributed by atoms with Crippen molar-refractivity contribution >= 4 is 23.3 Å². The van der Waals surface area contributed by atoms with E-state index < -0.39 is 5.82 Å². The molecule has 0 spiro atoms. The minimum absolute atomic E-state index is 0.0164. The molecule has 1 aliphatic heterocycles. The van der Waals surface area contributed by atoms with Gasteiger partial charge >= 0.3 is 0 Å². The lowest BCUT2D eigenvalue weighted by Gasteiger charge is -2.15. The summed E-state index contributed by atoms with van der Waals surface area (Å²) in [6.45, 7) is 1.97. The quantitative estimate of drug-likeness (QED) is 0.374. The van der Waals surface area contributed by atoms with Crippen LogP contribution in [0.5, 0.6) is 0 Å². The van der Waals surface area contributed by atoms with Crippen molar-refractivity contribution in [2.75, 3.05) is 18.0 Å². The predicted octanol–water partition coefficient (Wildman–Crippen LogP) is 1.92. The van der Waals surface area contributed by atoms with Crippen LogP contribution in [0.3, 0.4) is 0 Å². The average Bonchev–Trinajstić information content (AvgIpc) is 3.44. The number of oxime groups is 1. The highest BCUT2D eigenvalue weighted by molar-refractivity contribution is 6.30. The summed E-state index contributed by atoms with van der Waals surface area (Å²) in [5.41, 5.74) is 1.53. The molecule has 1 fully saturated rings. The van der Waals surface area contributed by atoms with Gasteiger partial charge in [-0.15, -0.1) is 0 Å². The van der Waals surface area contributed by atoms with Crippen molar-refractivity contribution in [3.8, 4) is 0 Å². The lowest BCUT2D eigenvalue weighted by molar-refractivity contribution is 0.299. The molecule has 3 heterocycles. The van der Waals surface area contributed by atoms with Gasteiger partial charge in [0, 0.05) is 19.5 Å². The molecule has 1 aliphatic rings. The first-order chi connectivity index (χ1) is 13.7. The summed E-state index contributed by atoms with van der Waals surface area (Å²) < 4.78 is 19.8. The van der Waals surface area contributed by atoms with Crippen LogP contribution in [0, 0.1) is 5.82 Å². The lowest BCUT2D eigenvalue weighted by Crippen LogP contribution is -2.23. The standard InChI is InChI=1S/C16H16ClFN8O2/c17-11-7-10(3-4-12(11)18)8-13(20-27)15-14(21-28-22-15)9-26-16(19-23-24-26)25-5-1-2-6-25/h3-4,7,27H,1-2,5-6,8-9H2. The molecule has 0 radical (unpaired) electrons. The molecule has 1 N–H and O–H groups in total. The summed E-state index contributed by atoms with van der Waals surface area (Å²) in [6, 6.07) is 4.26. The van der Waals surface area contributed by atoms with Gasteiger partial charge in [-0.05, 0) is 46.1 Å². The number of benzene rings is 1. The normalized spacial score (nSPS) is 14.8. The van der Waals surface area contributed by atoms with Gasteiger partial charge in [0.25, 0.3) is 0 Å². The van der Waals surface area contributed by atoms with E-state index in [2.05, 4.69) is 35.9 Å². The number of hydrogen-bond acceptors (Lipinski definition) is 9. The van der Waals surface area contributed by atoms with Crippen molar-refractivity contribution in [3.05, 3.63) is 46.0 Å². The smallest absolute Gasteiger partial charge is 0.245 e. The number of tetrazole rings is 1. The number of hydrogen-bond donors (Lipinski definition) is 1. The average molecular weight is 407 g/mol. The fourth-order valence-electron chi connectivity index (χ4n) is 3.13. The molecule has 10 nitrogen and oxygen atoms in total. The Morgan fingerprint density at radius 3 is 2.86 bits per heavy atom. The molecule has 12 heteroatoms. The van der Waals surface area contributed by atoms with E-state index in [1.807, 2.05) is 0 Å². The molecule has 1 aromatic carbocycles. The molecular formula is C16H16ClFN8O2. The van der Waals surface area contributed by atoms with Crippen LogP contribution in [0.25, 0.3) is 0 Å². The molecule has 3 aromatic rings. The highest BCUT2D eigenvalue weighted by Crippen LogP contribution is 2.20. The molecule has 0 saturated carbocycles. The minimum atomic E-state index is -0.523. The molecule has 28 heavy (non-hydrogen) atoms. The van der Waals surface area contributed by atoms with Crippen molar-refractivity contribution in [3.63, 3.8) is 0 Å². The Labute approximate surface area is 163 Å². The number of anilines is 1. The van der Waals surface area contributed by atoms with Crippen molar-refractivity contribution in [2.24, 2.45) is 5.16 Å². The van der Waals surface area contributed by atoms with Gasteiger partial charge in [0.15, 0.2) is 5.69 Å². The van der Waals surface area contributed by atoms with Crippen LogP contribution in [-0.4, -0.2) is 54.5 Å². The van der Waals surface area contributed by atoms with E-state index in [-0.39, 0.29) is 29.4 Å². The Morgan fingerprint density at radius 2 is 2.11 bits per heavy atom. The molecule has 0 atom stereocenters. The molecule has 4 rings (SSSR count). The van der Waals surface area contributed by atoms with Crippen molar-refractivity contribution in [1.29, 1.82) is 0 Å². The van der Waals surface area contributed by atoms with E-state index in [0.29, 0.717) is 17.2 Å². The molecule has 0 aliphatic carbocycles. The van der Waals surface area contributed by atoms with Crippen LogP contribution in [0.4, 0.5) is 10.3 Å². The van der Waals surface area contributed by atoms with Crippen LogP contribution in [0.1, 0.15) is 29.8 Å². The van der Waals surface area contributed by atoms with Crippen LogP contribution in [0.2, 0.25) is 5.02 Å². The van der Waals surface area contributed by atoms with Crippen molar-refractivity contribution < 1.29 is 14.2 Å². The summed E-state index contributed by atoms with van der Waals surface area (Å²) in [7, 11) is 0. The van der Waals surface area contributed by atoms with E-state index in [1.54, 1.807) is 10.7 Å². The summed E-state index contributed by atoms with van der Waals surface area (Å²) in [6.07, 6.45) is 2.34. The first-order valence-corrected chi connectivity index (χ1v) is 9.01. The topological polar surface area (TPSA) is 118 Å². The third kappa shape index (κ3) is 3.65. The zero-order valence-corrected chi connectivity index (χ0v) is 15.4. The van der Waals surface area contributed by atoms with Gasteiger partial charge in [0.1, 0.15) is 17.2 Å². The first kappa shape index (κ1) is 18.3. The Bertz CT molecular complexity index is 998. The fourth-order valence-corrected chi connectivity index (χ4v) is 3.33. The van der Waals surface area contributed by atoms with Crippen LogP contribution in [0.15, 0.2) is 28.0 Å². The summed E-state index contributed by atoms with van der Waals surface area (Å²) in [4.78, 5) is 2.09. The Balaban J connectivity index is 1.56. The number of nitrogens with zero attached hydrogens (tertiary/aromatic N) is 8. The second-order valence-electron chi connectivity index (χ2n) is 6.36. The summed E-state index contributed by atoms with van der Waals surface area (Å²) in [5, 5.41) is 32.4. The van der Waals surface area contributed by atoms with Gasteiger partial charge in [-0.2, -0.15) is 0 Å². The second-order valence-corrected chi connectivity index (χ2v) is 6.77. The van der Waals surface area contributed by atoms with Gasteiger partial charge in [-0.1, -0.05) is 33.1 Å². The minimum Gasteiger partial charge on any atom is -0.411 e. The zero-order chi connectivity index (χ0) is 19.5. The van der Waals surface area contributed by atoms with Crippen LogP contribution >= 0.6 is 11.6 Å². The maximum absolute atomic E-state index is 13.4. The van der Waals surface area contributed by atoms with E-state index in [4.69, 9.17) is 16.2 Å². The Hall–Kier alpha value is -3.08. The SMILES string of the molecule is ON=C(Cc1ccc(F)c(Cl)c1)c1nonc1Cn1nnnc1N1CCCC1. The predicted molar refractivity (Wildman–Crippen MR) is 96.1 cm³/mol. The highest BCUT2D eigenvalue weighted by atomic mass is 35.5. The molecule has 1 saturated heterocycles. The van der Waals surface area contributed by atoms with E-state index in [9.17, 15) is 9.60 Å². The van der Waals surface area contributed by atoms with Crippen molar-refractivity contribution in [1.82, 2.24) is 30.5 Å². The van der Waals surface area contributed by atoms with E-state index in [0.717, 1.165) is 25.9 Å². The van der Waals surface area contributed by atoms with Gasteiger partial charge in [0.2, 0.25) is 5.95 Å². The van der Waals surface area contributed by atoms with Gasteiger partial charge in [-0.3, -0.25) is 0 Å². The molecule has 2 aromatic heterocycles. The second kappa shape index (κ2) is 7.89. The van der Waals surface area contributed by atoms with E-state index in [1.165, 1.54) is 12.1 Å². The van der Waals surface area contributed by atoms with Crippen LogP contribution < -0.4 is 4.90 Å². The maximum atomic E-state index is 13.4. The summed E-state index contributed by atoms with van der Waals surface area (Å²) >= 11 is 5.82. The number of aromatic nitrogens is 6. The van der Waals surface area contributed by atoms with Gasteiger partial charge < -0.3 is 10.1 Å². The maximum Gasteiger partial charge on any atom is 0.245 e. The van der Waals surface area contributed by atoms with Crippen LogP contribution in [-0.2, 0) is 13.0 Å². The molecule has 0 amide bonds. The zero-order valence-electron chi connectivity index (χ0n) is 14.7. The van der Waals surface area contributed by atoms with Gasteiger partial charge in [0.05, 0.1) is 11.6 Å². The monoisotopic (exact) mass is 406 g/mol. The molecule has 0 unspecified atom stereocenters. The highest BCUT2D eigenvalue weighted by Gasteiger charge is 2.23. The summed E-state index contributed by atoms with van der Waals surface area (Å²) in [5.74, 6) is 0.115. The van der Waals surface area contributed by atoms with Crippen molar-refractivity contribution in [2.45, 2.75) is 25.8 Å². The third-order valence-electron chi connectivity index (χ3n) is 4.51. The van der Waals surface area contributed by atoms with E-state index >= 15 is 0 Å². The Kier molecular flexibility index (Phi) is 5.15. The largest absolute Gasteiger partial charge is 0.411 e. The number of rotatable bonds is 6. The molecule has 0 bridgehead atoms. The lowest BCUT2D eigenvalue weighted by atomic mass is 10.1. The molecule has 146 valence electrons. The number of halogens is 2. The first-order valence-electron chi connectivity index (χ1n) is 8.63. The fraction of sp³-hybridized carbons (Fsp3) is 0.375. The van der Waals surface area contributed by atoms with Gasteiger partial charge in [-0.25, -0.2) is 13.7 Å². The molecular weight excluding hydrogens is 391 g/mol.